The second-order valence-corrected chi connectivity index (χ2v) is 12.6. The topological polar surface area (TPSA) is 88.1 Å². The van der Waals surface area contributed by atoms with E-state index in [4.69, 9.17) is 9.47 Å². The predicted molar refractivity (Wildman–Crippen MR) is 175 cm³/mol. The Morgan fingerprint density at radius 1 is 0.978 bits per heavy atom. The van der Waals surface area contributed by atoms with Gasteiger partial charge in [0.15, 0.2) is 0 Å². The molecule has 0 bridgehead atoms. The number of ether oxygens (including phenoxy) is 2. The summed E-state index contributed by atoms with van der Waals surface area (Å²) in [4.78, 5) is 27.8. The van der Waals surface area contributed by atoms with Gasteiger partial charge in [0.2, 0.25) is 0 Å². The summed E-state index contributed by atoms with van der Waals surface area (Å²) < 4.78 is 26.4. The quantitative estimate of drug-likeness (QED) is 0.200. The van der Waals surface area contributed by atoms with E-state index in [1.807, 2.05) is 42.5 Å². The zero-order valence-electron chi connectivity index (χ0n) is 26.6. The van der Waals surface area contributed by atoms with E-state index in [9.17, 15) is 19.1 Å². The maximum absolute atomic E-state index is 14.5. The average molecular weight is 613 g/mol. The average Bonchev–Trinajstić information content (AvgIpc) is 2.99. The van der Waals surface area contributed by atoms with Crippen LogP contribution in [0.3, 0.4) is 0 Å². The Morgan fingerprint density at radius 3 is 2.40 bits per heavy atom. The second kappa shape index (κ2) is 13.3. The third-order valence-corrected chi connectivity index (χ3v) is 8.76. The molecule has 4 aromatic rings. The van der Waals surface area contributed by atoms with Gasteiger partial charge in [0.05, 0.1) is 25.3 Å². The van der Waals surface area contributed by atoms with Gasteiger partial charge in [0.25, 0.3) is 5.91 Å². The van der Waals surface area contributed by atoms with Crippen LogP contribution in [0.15, 0.2) is 66.7 Å². The standard InChI is InChI=1S/C37H41FN2O5/c1-23-10-6-15-29(38)32(23)35(41)39-30(36(42)43)20-24-11-7-13-27-26(24)12-8-14-28(27)33-31(44-4)17-16-25(34(33)45-5)21-40-19-9-18-37(2,3)22-40/h6-8,10-17,30H,9,18-22H2,1-5H3,(H,39,41)(H,42,43)/t30-/m0/s1. The van der Waals surface area contributed by atoms with Crippen LogP contribution in [0.4, 0.5) is 4.39 Å². The van der Waals surface area contributed by atoms with E-state index in [0.717, 1.165) is 64.8 Å². The summed E-state index contributed by atoms with van der Waals surface area (Å²) in [6, 6.07) is 18.7. The van der Waals surface area contributed by atoms with Gasteiger partial charge in [0.1, 0.15) is 23.4 Å². The SMILES string of the molecule is COc1ccc(CN2CCCC(C)(C)C2)c(OC)c1-c1cccc2c(C[C@H](NC(=O)c3c(C)cccc3F)C(=O)O)cccc12. The van der Waals surface area contributed by atoms with Crippen molar-refractivity contribution in [3.63, 3.8) is 0 Å². The fraction of sp³-hybridized carbons (Fsp3) is 0.351. The Balaban J connectivity index is 1.53. The van der Waals surface area contributed by atoms with E-state index in [1.54, 1.807) is 27.2 Å². The maximum Gasteiger partial charge on any atom is 0.326 e. The molecule has 0 saturated carbocycles. The minimum absolute atomic E-state index is 0.00836. The summed E-state index contributed by atoms with van der Waals surface area (Å²) >= 11 is 0. The van der Waals surface area contributed by atoms with Crippen molar-refractivity contribution in [1.82, 2.24) is 10.2 Å². The lowest BCUT2D eigenvalue weighted by molar-refractivity contribution is -0.139. The van der Waals surface area contributed by atoms with E-state index in [2.05, 4.69) is 30.1 Å². The summed E-state index contributed by atoms with van der Waals surface area (Å²) in [7, 11) is 3.31. The zero-order valence-corrected chi connectivity index (χ0v) is 26.6. The van der Waals surface area contributed by atoms with E-state index in [1.165, 1.54) is 18.6 Å². The molecule has 0 unspecified atom stereocenters. The van der Waals surface area contributed by atoms with Crippen molar-refractivity contribution in [1.29, 1.82) is 0 Å². The fourth-order valence-corrected chi connectivity index (χ4v) is 6.65. The predicted octanol–water partition coefficient (Wildman–Crippen LogP) is 7.02. The third-order valence-electron chi connectivity index (χ3n) is 8.76. The number of hydrogen-bond donors (Lipinski definition) is 2. The number of aryl methyl sites for hydroxylation is 1. The molecule has 45 heavy (non-hydrogen) atoms. The summed E-state index contributed by atoms with van der Waals surface area (Å²) in [5.41, 5.74) is 4.05. The fourth-order valence-electron chi connectivity index (χ4n) is 6.65. The van der Waals surface area contributed by atoms with Gasteiger partial charge in [-0.1, -0.05) is 68.4 Å². The normalized spacial score (nSPS) is 15.4. The Morgan fingerprint density at radius 2 is 1.71 bits per heavy atom. The van der Waals surface area contributed by atoms with Crippen molar-refractivity contribution in [3.05, 3.63) is 94.8 Å². The van der Waals surface area contributed by atoms with Gasteiger partial charge in [-0.25, -0.2) is 9.18 Å². The van der Waals surface area contributed by atoms with Crippen LogP contribution in [0.5, 0.6) is 11.5 Å². The lowest BCUT2D eigenvalue weighted by atomic mass is 9.84. The van der Waals surface area contributed by atoms with E-state index < -0.39 is 23.7 Å². The maximum atomic E-state index is 14.5. The van der Waals surface area contributed by atoms with Crippen LogP contribution in [0.25, 0.3) is 21.9 Å². The van der Waals surface area contributed by atoms with Gasteiger partial charge in [0, 0.05) is 25.1 Å². The second-order valence-electron chi connectivity index (χ2n) is 12.6. The molecule has 1 amide bonds. The van der Waals surface area contributed by atoms with Gasteiger partial charge in [-0.3, -0.25) is 9.69 Å². The molecule has 1 aliphatic heterocycles. The number of benzene rings is 4. The number of likely N-dealkylation sites (tertiary alicyclic amines) is 1. The number of methoxy groups -OCH3 is 2. The molecule has 8 heteroatoms. The molecule has 2 N–H and O–H groups in total. The van der Waals surface area contributed by atoms with Gasteiger partial charge in [-0.2, -0.15) is 0 Å². The summed E-state index contributed by atoms with van der Waals surface area (Å²) in [6.07, 6.45) is 2.37. The monoisotopic (exact) mass is 612 g/mol. The number of carboxylic acids is 1. The first-order valence-electron chi connectivity index (χ1n) is 15.3. The molecular formula is C37H41FN2O5. The van der Waals surface area contributed by atoms with E-state index >= 15 is 0 Å². The first-order chi connectivity index (χ1) is 21.5. The number of rotatable bonds is 10. The van der Waals surface area contributed by atoms with Crippen LogP contribution in [-0.2, 0) is 17.8 Å². The molecule has 1 saturated heterocycles. The van der Waals surface area contributed by atoms with Crippen LogP contribution in [0.1, 0.15) is 53.7 Å². The summed E-state index contributed by atoms with van der Waals surface area (Å²) in [5.74, 6) is -1.25. The highest BCUT2D eigenvalue weighted by Crippen LogP contribution is 2.45. The highest BCUT2D eigenvalue weighted by molar-refractivity contribution is 6.02. The lowest BCUT2D eigenvalue weighted by Gasteiger charge is -2.38. The molecular weight excluding hydrogens is 571 g/mol. The Bertz CT molecular complexity index is 1710. The summed E-state index contributed by atoms with van der Waals surface area (Å²) in [5, 5.41) is 14.3. The van der Waals surface area contributed by atoms with E-state index in [0.29, 0.717) is 11.3 Å². The van der Waals surface area contributed by atoms with Gasteiger partial charge >= 0.3 is 5.97 Å². The molecule has 1 fully saturated rings. The van der Waals surface area contributed by atoms with Crippen LogP contribution in [0, 0.1) is 18.2 Å². The minimum atomic E-state index is -1.27. The Labute approximate surface area is 264 Å². The number of carboxylic acid groups (broad SMARTS) is 1. The summed E-state index contributed by atoms with van der Waals surface area (Å²) in [6.45, 7) is 9.03. The molecule has 1 heterocycles. The van der Waals surface area contributed by atoms with Gasteiger partial charge in [-0.15, -0.1) is 0 Å². The molecule has 0 aliphatic carbocycles. The number of fused-ring (bicyclic) bond motifs is 1. The minimum Gasteiger partial charge on any atom is -0.496 e. The molecule has 0 aromatic heterocycles. The van der Waals surface area contributed by atoms with Crippen molar-refractivity contribution in [2.75, 3.05) is 27.3 Å². The number of carbonyl (C=O) groups excluding carboxylic acids is 1. The number of amides is 1. The number of carbonyl (C=O) groups is 2. The largest absolute Gasteiger partial charge is 0.496 e. The van der Waals surface area contributed by atoms with Gasteiger partial charge < -0.3 is 19.9 Å². The lowest BCUT2D eigenvalue weighted by Crippen LogP contribution is -2.42. The molecule has 1 atom stereocenters. The van der Waals surface area contributed by atoms with Crippen molar-refractivity contribution < 1.29 is 28.6 Å². The van der Waals surface area contributed by atoms with E-state index in [-0.39, 0.29) is 17.4 Å². The zero-order chi connectivity index (χ0) is 32.3. The molecule has 7 nitrogen and oxygen atoms in total. The highest BCUT2D eigenvalue weighted by Gasteiger charge is 2.29. The molecule has 0 radical (unpaired) electrons. The first-order valence-corrected chi connectivity index (χ1v) is 15.3. The number of aliphatic carboxylic acids is 1. The number of piperidine rings is 1. The van der Waals surface area contributed by atoms with Crippen molar-refractivity contribution in [2.24, 2.45) is 5.41 Å². The molecule has 1 aliphatic rings. The number of nitrogens with one attached hydrogen (secondary N) is 1. The number of halogens is 1. The molecule has 5 rings (SSSR count). The first kappa shape index (κ1) is 32.0. The van der Waals surface area contributed by atoms with Crippen LogP contribution in [0.2, 0.25) is 0 Å². The van der Waals surface area contributed by atoms with Crippen LogP contribution in [-0.4, -0.2) is 55.2 Å². The number of nitrogens with zero attached hydrogens (tertiary/aromatic N) is 1. The molecule has 236 valence electrons. The van der Waals surface area contributed by atoms with Crippen molar-refractivity contribution in [3.8, 4) is 22.6 Å². The smallest absolute Gasteiger partial charge is 0.326 e. The highest BCUT2D eigenvalue weighted by atomic mass is 19.1. The third kappa shape index (κ3) is 6.81. The number of hydrogen-bond acceptors (Lipinski definition) is 5. The Hall–Kier alpha value is -4.43. The Kier molecular flexibility index (Phi) is 9.44. The van der Waals surface area contributed by atoms with Crippen LogP contribution >= 0.6 is 0 Å². The van der Waals surface area contributed by atoms with Crippen molar-refractivity contribution >= 4 is 22.6 Å². The van der Waals surface area contributed by atoms with Crippen molar-refractivity contribution in [2.45, 2.75) is 52.6 Å². The molecule has 0 spiro atoms. The van der Waals surface area contributed by atoms with Crippen LogP contribution < -0.4 is 14.8 Å². The van der Waals surface area contributed by atoms with Gasteiger partial charge in [-0.05, 0) is 71.3 Å². The molecule has 4 aromatic carbocycles.